The van der Waals surface area contributed by atoms with Crippen LogP contribution in [0.4, 0.5) is 0 Å². The Morgan fingerprint density at radius 2 is 1.73 bits per heavy atom. The SMILES string of the molecule is COC(=O)c1ccc(C(=O)OC)c(O)c1. The molecule has 0 aliphatic heterocycles. The quantitative estimate of drug-likeness (QED) is 0.736. The van der Waals surface area contributed by atoms with Crippen LogP contribution in [-0.4, -0.2) is 31.3 Å². The van der Waals surface area contributed by atoms with Crippen LogP contribution in [0.5, 0.6) is 5.75 Å². The molecule has 80 valence electrons. The van der Waals surface area contributed by atoms with E-state index in [0.29, 0.717) is 0 Å². The van der Waals surface area contributed by atoms with Crippen LogP contribution in [0.3, 0.4) is 0 Å². The zero-order valence-electron chi connectivity index (χ0n) is 8.31. The molecule has 1 aromatic carbocycles. The van der Waals surface area contributed by atoms with Gasteiger partial charge in [-0.1, -0.05) is 0 Å². The van der Waals surface area contributed by atoms with Gasteiger partial charge in [-0.15, -0.1) is 0 Å². The maximum atomic E-state index is 11.1. The summed E-state index contributed by atoms with van der Waals surface area (Å²) in [5, 5.41) is 9.43. The monoisotopic (exact) mass is 210 g/mol. The lowest BCUT2D eigenvalue weighted by atomic mass is 10.1. The number of carbonyl (C=O) groups excluding carboxylic acids is 2. The Kier molecular flexibility index (Phi) is 3.28. The van der Waals surface area contributed by atoms with Crippen molar-refractivity contribution in [3.63, 3.8) is 0 Å². The van der Waals surface area contributed by atoms with E-state index in [9.17, 15) is 14.7 Å². The molecule has 15 heavy (non-hydrogen) atoms. The van der Waals surface area contributed by atoms with Gasteiger partial charge in [0.05, 0.1) is 19.8 Å². The van der Waals surface area contributed by atoms with Gasteiger partial charge < -0.3 is 14.6 Å². The summed E-state index contributed by atoms with van der Waals surface area (Å²) in [5.74, 6) is -1.56. The van der Waals surface area contributed by atoms with E-state index in [1.165, 1.54) is 26.4 Å². The Balaban J connectivity index is 3.08. The number of rotatable bonds is 2. The molecule has 0 aliphatic rings. The predicted molar refractivity (Wildman–Crippen MR) is 50.8 cm³/mol. The number of benzene rings is 1. The van der Waals surface area contributed by atoms with E-state index in [-0.39, 0.29) is 16.9 Å². The average Bonchev–Trinajstić information content (AvgIpc) is 2.26. The molecule has 0 aromatic heterocycles. The molecule has 0 amide bonds. The standard InChI is InChI=1S/C10H10O5/c1-14-9(12)6-3-4-7(8(11)5-6)10(13)15-2/h3-5,11H,1-2H3. The second-order valence-electron chi connectivity index (χ2n) is 2.72. The van der Waals surface area contributed by atoms with E-state index in [4.69, 9.17) is 0 Å². The largest absolute Gasteiger partial charge is 0.507 e. The van der Waals surface area contributed by atoms with E-state index < -0.39 is 11.9 Å². The van der Waals surface area contributed by atoms with Gasteiger partial charge >= 0.3 is 11.9 Å². The predicted octanol–water partition coefficient (Wildman–Crippen LogP) is 0.965. The number of methoxy groups -OCH3 is 2. The summed E-state index contributed by atoms with van der Waals surface area (Å²) in [6.45, 7) is 0. The molecule has 0 bridgehead atoms. The van der Waals surface area contributed by atoms with Gasteiger partial charge in [-0.05, 0) is 18.2 Å². The molecule has 0 saturated heterocycles. The Bertz CT molecular complexity index is 397. The molecule has 0 saturated carbocycles. The normalized spacial score (nSPS) is 9.47. The molecule has 1 N–H and O–H groups in total. The number of phenolic OH excluding ortho intramolecular Hbond substituents is 1. The smallest absolute Gasteiger partial charge is 0.341 e. The van der Waals surface area contributed by atoms with Crippen LogP contribution in [0, 0.1) is 0 Å². The molecule has 0 radical (unpaired) electrons. The van der Waals surface area contributed by atoms with E-state index in [0.717, 1.165) is 6.07 Å². The second-order valence-corrected chi connectivity index (χ2v) is 2.72. The number of phenols is 1. The van der Waals surface area contributed by atoms with Gasteiger partial charge in [-0.25, -0.2) is 9.59 Å². The van der Waals surface area contributed by atoms with Crippen molar-refractivity contribution in [2.75, 3.05) is 14.2 Å². The molecule has 0 atom stereocenters. The minimum absolute atomic E-state index is 0.00477. The molecular weight excluding hydrogens is 200 g/mol. The first-order chi connectivity index (χ1) is 7.10. The van der Waals surface area contributed by atoms with Crippen molar-refractivity contribution >= 4 is 11.9 Å². The molecule has 0 heterocycles. The van der Waals surface area contributed by atoms with Crippen molar-refractivity contribution in [2.45, 2.75) is 0 Å². The van der Waals surface area contributed by atoms with Crippen LogP contribution in [0.2, 0.25) is 0 Å². The molecule has 0 spiro atoms. The van der Waals surface area contributed by atoms with Crippen LogP contribution in [0.25, 0.3) is 0 Å². The molecule has 1 aromatic rings. The Morgan fingerprint density at radius 1 is 1.13 bits per heavy atom. The van der Waals surface area contributed by atoms with E-state index in [1.54, 1.807) is 0 Å². The first-order valence-electron chi connectivity index (χ1n) is 4.09. The lowest BCUT2D eigenvalue weighted by molar-refractivity contribution is 0.0583. The van der Waals surface area contributed by atoms with Crippen LogP contribution in [0.15, 0.2) is 18.2 Å². The third-order valence-electron chi connectivity index (χ3n) is 1.82. The van der Waals surface area contributed by atoms with Crippen LogP contribution in [-0.2, 0) is 9.47 Å². The van der Waals surface area contributed by atoms with Gasteiger partial charge in [0.1, 0.15) is 11.3 Å². The lowest BCUT2D eigenvalue weighted by Gasteiger charge is -2.04. The van der Waals surface area contributed by atoms with Crippen LogP contribution < -0.4 is 0 Å². The van der Waals surface area contributed by atoms with Crippen molar-refractivity contribution in [3.05, 3.63) is 29.3 Å². The number of esters is 2. The summed E-state index contributed by atoms with van der Waals surface area (Å²) in [4.78, 5) is 22.2. The summed E-state index contributed by atoms with van der Waals surface area (Å²) in [6, 6.07) is 3.82. The third-order valence-corrected chi connectivity index (χ3v) is 1.82. The van der Waals surface area contributed by atoms with Crippen molar-refractivity contribution in [1.29, 1.82) is 0 Å². The highest BCUT2D eigenvalue weighted by atomic mass is 16.5. The third kappa shape index (κ3) is 2.25. The second kappa shape index (κ2) is 4.45. The Labute approximate surface area is 86.2 Å². The van der Waals surface area contributed by atoms with E-state index in [2.05, 4.69) is 9.47 Å². The number of aromatic hydroxyl groups is 1. The molecule has 0 aliphatic carbocycles. The first kappa shape index (κ1) is 11.0. The fourth-order valence-corrected chi connectivity index (χ4v) is 1.06. The molecular formula is C10H10O5. The van der Waals surface area contributed by atoms with Crippen LogP contribution >= 0.6 is 0 Å². The van der Waals surface area contributed by atoms with Crippen molar-refractivity contribution in [2.24, 2.45) is 0 Å². The highest BCUT2D eigenvalue weighted by Gasteiger charge is 2.14. The molecule has 0 unspecified atom stereocenters. The van der Waals surface area contributed by atoms with Gasteiger partial charge in [0.25, 0.3) is 0 Å². The fraction of sp³-hybridized carbons (Fsp3) is 0.200. The minimum Gasteiger partial charge on any atom is -0.507 e. The van der Waals surface area contributed by atoms with Crippen molar-refractivity contribution in [1.82, 2.24) is 0 Å². The first-order valence-corrected chi connectivity index (χ1v) is 4.09. The highest BCUT2D eigenvalue weighted by molar-refractivity contribution is 5.95. The zero-order valence-corrected chi connectivity index (χ0v) is 8.31. The molecule has 0 fully saturated rings. The maximum absolute atomic E-state index is 11.1. The summed E-state index contributed by atoms with van der Waals surface area (Å²) in [5.41, 5.74) is 0.174. The zero-order chi connectivity index (χ0) is 11.4. The number of hydrogen-bond donors (Lipinski definition) is 1. The summed E-state index contributed by atoms with van der Waals surface area (Å²) >= 11 is 0. The number of carbonyl (C=O) groups is 2. The topological polar surface area (TPSA) is 72.8 Å². The van der Waals surface area contributed by atoms with Crippen molar-refractivity contribution < 1.29 is 24.2 Å². The van der Waals surface area contributed by atoms with Crippen LogP contribution in [0.1, 0.15) is 20.7 Å². The number of hydrogen-bond acceptors (Lipinski definition) is 5. The molecule has 5 nitrogen and oxygen atoms in total. The van der Waals surface area contributed by atoms with Gasteiger partial charge in [0.2, 0.25) is 0 Å². The average molecular weight is 210 g/mol. The van der Waals surface area contributed by atoms with Crippen molar-refractivity contribution in [3.8, 4) is 5.75 Å². The Morgan fingerprint density at radius 3 is 2.20 bits per heavy atom. The number of ether oxygens (including phenoxy) is 2. The molecule has 1 rings (SSSR count). The van der Waals surface area contributed by atoms with E-state index in [1.807, 2.05) is 0 Å². The van der Waals surface area contributed by atoms with Gasteiger partial charge in [0.15, 0.2) is 0 Å². The molecule has 5 heteroatoms. The van der Waals surface area contributed by atoms with Gasteiger partial charge in [-0.2, -0.15) is 0 Å². The lowest BCUT2D eigenvalue weighted by Crippen LogP contribution is -2.05. The minimum atomic E-state index is -0.663. The van der Waals surface area contributed by atoms with E-state index >= 15 is 0 Å². The fourth-order valence-electron chi connectivity index (χ4n) is 1.06. The van der Waals surface area contributed by atoms with Gasteiger partial charge in [0, 0.05) is 0 Å². The van der Waals surface area contributed by atoms with Gasteiger partial charge in [-0.3, -0.25) is 0 Å². The summed E-state index contributed by atoms with van der Waals surface area (Å²) < 4.78 is 8.88. The Hall–Kier alpha value is -2.04. The summed E-state index contributed by atoms with van der Waals surface area (Å²) in [6.07, 6.45) is 0. The maximum Gasteiger partial charge on any atom is 0.341 e. The highest BCUT2D eigenvalue weighted by Crippen LogP contribution is 2.19. The summed E-state index contributed by atoms with van der Waals surface area (Å²) in [7, 11) is 2.43.